The van der Waals surface area contributed by atoms with E-state index in [0.717, 1.165) is 4.88 Å². The normalized spacial score (nSPS) is 18.8. The first kappa shape index (κ1) is 18.3. The summed E-state index contributed by atoms with van der Waals surface area (Å²) in [5.74, 6) is 0.853. The third kappa shape index (κ3) is 3.81. The molecule has 144 valence electrons. The van der Waals surface area contributed by atoms with Crippen molar-refractivity contribution in [2.45, 2.75) is 30.9 Å². The fourth-order valence-electron chi connectivity index (χ4n) is 2.83. The molecule has 1 aliphatic heterocycles. The van der Waals surface area contributed by atoms with E-state index < -0.39 is 16.1 Å². The average molecular weight is 409 g/mol. The number of hydrogen-bond acceptors (Lipinski definition) is 8. The van der Waals surface area contributed by atoms with Crippen LogP contribution in [0.4, 0.5) is 0 Å². The Morgan fingerprint density at radius 1 is 1.41 bits per heavy atom. The number of rotatable bonds is 6. The SMILES string of the molecule is CCn1cc(S(=O)(=O)N2CCOC(c3nc(Cc4cccs4)no3)C2)cn1. The van der Waals surface area contributed by atoms with Gasteiger partial charge in [0.25, 0.3) is 5.89 Å². The number of aromatic nitrogens is 4. The molecular formula is C16H19N5O4S2. The number of hydrogen-bond donors (Lipinski definition) is 0. The minimum Gasteiger partial charge on any atom is -0.366 e. The summed E-state index contributed by atoms with van der Waals surface area (Å²) >= 11 is 1.62. The molecule has 0 aliphatic carbocycles. The summed E-state index contributed by atoms with van der Waals surface area (Å²) < 4.78 is 39.7. The number of nitrogens with zero attached hydrogens (tertiary/aromatic N) is 5. The van der Waals surface area contributed by atoms with Gasteiger partial charge in [0.2, 0.25) is 10.0 Å². The van der Waals surface area contributed by atoms with Gasteiger partial charge >= 0.3 is 0 Å². The largest absolute Gasteiger partial charge is 0.366 e. The second-order valence-electron chi connectivity index (χ2n) is 6.06. The number of morpholine rings is 1. The van der Waals surface area contributed by atoms with Crippen LogP contribution in [-0.4, -0.2) is 52.3 Å². The fourth-order valence-corrected chi connectivity index (χ4v) is 4.91. The van der Waals surface area contributed by atoms with Crippen LogP contribution in [0.3, 0.4) is 0 Å². The quantitative estimate of drug-likeness (QED) is 0.610. The molecule has 1 unspecified atom stereocenters. The molecule has 4 rings (SSSR count). The lowest BCUT2D eigenvalue weighted by Gasteiger charge is -2.29. The van der Waals surface area contributed by atoms with Crippen molar-refractivity contribution in [1.82, 2.24) is 24.2 Å². The predicted molar refractivity (Wildman–Crippen MR) is 96.8 cm³/mol. The van der Waals surface area contributed by atoms with E-state index in [9.17, 15) is 8.42 Å². The van der Waals surface area contributed by atoms with Crippen molar-refractivity contribution in [3.8, 4) is 0 Å². The fraction of sp³-hybridized carbons (Fsp3) is 0.438. The molecule has 1 atom stereocenters. The molecule has 1 fully saturated rings. The zero-order valence-electron chi connectivity index (χ0n) is 14.7. The number of sulfonamides is 1. The van der Waals surface area contributed by atoms with Crippen LogP contribution in [0.15, 0.2) is 39.3 Å². The molecule has 11 heteroatoms. The van der Waals surface area contributed by atoms with Crippen molar-refractivity contribution < 1.29 is 17.7 Å². The van der Waals surface area contributed by atoms with E-state index in [0.29, 0.717) is 24.7 Å². The Hall–Kier alpha value is -2.08. The van der Waals surface area contributed by atoms with E-state index in [4.69, 9.17) is 9.26 Å². The van der Waals surface area contributed by atoms with Gasteiger partial charge in [0, 0.05) is 37.1 Å². The Morgan fingerprint density at radius 3 is 3.04 bits per heavy atom. The van der Waals surface area contributed by atoms with Gasteiger partial charge in [0.05, 0.1) is 12.8 Å². The Balaban J connectivity index is 1.48. The second-order valence-corrected chi connectivity index (χ2v) is 9.03. The molecule has 0 bridgehead atoms. The van der Waals surface area contributed by atoms with Crippen molar-refractivity contribution in [2.75, 3.05) is 19.7 Å². The summed E-state index contributed by atoms with van der Waals surface area (Å²) in [6.45, 7) is 3.16. The molecule has 0 aromatic carbocycles. The third-order valence-electron chi connectivity index (χ3n) is 4.27. The first-order valence-corrected chi connectivity index (χ1v) is 10.9. The summed E-state index contributed by atoms with van der Waals surface area (Å²) in [6, 6.07) is 3.97. The van der Waals surface area contributed by atoms with Crippen LogP contribution in [0.25, 0.3) is 0 Å². The van der Waals surface area contributed by atoms with Gasteiger partial charge in [-0.3, -0.25) is 4.68 Å². The van der Waals surface area contributed by atoms with Crippen molar-refractivity contribution in [2.24, 2.45) is 0 Å². The molecule has 27 heavy (non-hydrogen) atoms. The zero-order valence-corrected chi connectivity index (χ0v) is 16.3. The van der Waals surface area contributed by atoms with Crippen LogP contribution in [0.2, 0.25) is 0 Å². The lowest BCUT2D eigenvalue weighted by molar-refractivity contribution is -0.0199. The summed E-state index contributed by atoms with van der Waals surface area (Å²) in [5, 5.41) is 10.0. The predicted octanol–water partition coefficient (Wildman–Crippen LogP) is 1.70. The Morgan fingerprint density at radius 2 is 2.30 bits per heavy atom. The van der Waals surface area contributed by atoms with E-state index in [-0.39, 0.29) is 24.6 Å². The molecule has 0 radical (unpaired) electrons. The van der Waals surface area contributed by atoms with Crippen molar-refractivity contribution >= 4 is 21.4 Å². The molecule has 9 nitrogen and oxygen atoms in total. The molecule has 3 aromatic heterocycles. The molecule has 4 heterocycles. The van der Waals surface area contributed by atoms with Gasteiger partial charge in [-0.15, -0.1) is 11.3 Å². The second kappa shape index (κ2) is 7.50. The van der Waals surface area contributed by atoms with Crippen LogP contribution in [0, 0.1) is 0 Å². The van der Waals surface area contributed by atoms with Crippen molar-refractivity contribution in [3.63, 3.8) is 0 Å². The monoisotopic (exact) mass is 409 g/mol. The first-order chi connectivity index (χ1) is 13.1. The Bertz CT molecular complexity index is 996. The number of ether oxygens (including phenoxy) is 1. The first-order valence-electron chi connectivity index (χ1n) is 8.55. The number of thiophene rings is 1. The molecule has 0 saturated carbocycles. The minimum absolute atomic E-state index is 0.125. The van der Waals surface area contributed by atoms with Gasteiger partial charge in [-0.1, -0.05) is 11.2 Å². The smallest absolute Gasteiger partial charge is 0.257 e. The van der Waals surface area contributed by atoms with Crippen LogP contribution in [0.1, 0.15) is 29.6 Å². The van der Waals surface area contributed by atoms with Gasteiger partial charge in [-0.05, 0) is 18.4 Å². The van der Waals surface area contributed by atoms with Gasteiger partial charge in [0.1, 0.15) is 4.90 Å². The Kier molecular flexibility index (Phi) is 5.08. The molecule has 1 saturated heterocycles. The highest BCUT2D eigenvalue weighted by Crippen LogP contribution is 2.26. The third-order valence-corrected chi connectivity index (χ3v) is 6.97. The van der Waals surface area contributed by atoms with Gasteiger partial charge in [-0.25, -0.2) is 8.42 Å². The van der Waals surface area contributed by atoms with Gasteiger partial charge in [-0.2, -0.15) is 14.4 Å². The van der Waals surface area contributed by atoms with E-state index in [1.54, 1.807) is 16.0 Å². The molecule has 0 amide bonds. The van der Waals surface area contributed by atoms with E-state index in [1.165, 1.54) is 16.7 Å². The molecule has 3 aromatic rings. The minimum atomic E-state index is -3.64. The van der Waals surface area contributed by atoms with Crippen LogP contribution < -0.4 is 0 Å². The highest BCUT2D eigenvalue weighted by molar-refractivity contribution is 7.89. The zero-order chi connectivity index (χ0) is 18.9. The maximum absolute atomic E-state index is 12.9. The maximum Gasteiger partial charge on any atom is 0.257 e. The van der Waals surface area contributed by atoms with E-state index >= 15 is 0 Å². The molecule has 0 N–H and O–H groups in total. The highest BCUT2D eigenvalue weighted by Gasteiger charge is 2.34. The summed E-state index contributed by atoms with van der Waals surface area (Å²) in [6.07, 6.45) is 2.90. The number of aryl methyl sites for hydroxylation is 1. The van der Waals surface area contributed by atoms with Crippen LogP contribution >= 0.6 is 11.3 Å². The summed E-state index contributed by atoms with van der Waals surface area (Å²) in [5.41, 5.74) is 0. The topological polar surface area (TPSA) is 103 Å². The summed E-state index contributed by atoms with van der Waals surface area (Å²) in [4.78, 5) is 5.69. The van der Waals surface area contributed by atoms with E-state index in [2.05, 4.69) is 15.2 Å². The summed E-state index contributed by atoms with van der Waals surface area (Å²) in [7, 11) is -3.64. The standard InChI is InChI=1S/C16H19N5O4S2/c1-2-20-10-13(9-17-20)27(22,23)21-5-6-24-14(11-21)16-18-15(19-25-16)8-12-4-3-7-26-12/h3-4,7,9-10,14H,2,5-6,8,11H2,1H3. The van der Waals surface area contributed by atoms with Gasteiger partial charge < -0.3 is 9.26 Å². The highest BCUT2D eigenvalue weighted by atomic mass is 32.2. The van der Waals surface area contributed by atoms with E-state index in [1.807, 2.05) is 24.4 Å². The van der Waals surface area contributed by atoms with Crippen LogP contribution in [0.5, 0.6) is 0 Å². The van der Waals surface area contributed by atoms with Crippen LogP contribution in [-0.2, 0) is 27.7 Å². The average Bonchev–Trinajstić information content (AvgIpc) is 3.44. The molecule has 1 aliphatic rings. The van der Waals surface area contributed by atoms with Gasteiger partial charge in [0.15, 0.2) is 11.9 Å². The lowest BCUT2D eigenvalue weighted by atomic mass is 10.3. The molecular weight excluding hydrogens is 390 g/mol. The Labute approximate surface area is 160 Å². The van der Waals surface area contributed by atoms with Crippen molar-refractivity contribution in [3.05, 3.63) is 46.5 Å². The molecule has 0 spiro atoms. The maximum atomic E-state index is 12.9. The lowest BCUT2D eigenvalue weighted by Crippen LogP contribution is -2.42. The van der Waals surface area contributed by atoms with Crippen molar-refractivity contribution in [1.29, 1.82) is 0 Å².